The molecule has 0 bridgehead atoms. The minimum Gasteiger partial charge on any atom is -0.396 e. The minimum absolute atomic E-state index is 0.0914. The number of nitrogen functional groups attached to an aromatic ring is 1. The second-order valence-corrected chi connectivity index (χ2v) is 3.63. The van der Waals surface area contributed by atoms with Crippen molar-refractivity contribution in [3.05, 3.63) is 18.3 Å². The Morgan fingerprint density at radius 2 is 2.31 bits per heavy atom. The molecule has 0 radical (unpaired) electrons. The molecule has 1 saturated heterocycles. The molecule has 2 amide bonds. The summed E-state index contributed by atoms with van der Waals surface area (Å²) >= 11 is 0. The molecular formula is C10H12N4O2. The fraction of sp³-hybridized carbons (Fsp3) is 0.300. The maximum atomic E-state index is 11.5. The number of carbonyl (C=O) groups is 2. The first-order chi connectivity index (χ1) is 7.59. The standard InChI is InChI=1S/C10H12N4O2/c1-6-10(16)13-8(15)5-14(6)9-7(11)3-2-4-12-9/h2-4,6H,5,11H2,1H3,(H,13,15,16). The lowest BCUT2D eigenvalue weighted by Gasteiger charge is -2.33. The van der Waals surface area contributed by atoms with Crippen LogP contribution < -0.4 is 16.0 Å². The van der Waals surface area contributed by atoms with Gasteiger partial charge in [-0.15, -0.1) is 0 Å². The summed E-state index contributed by atoms with van der Waals surface area (Å²) in [7, 11) is 0. The smallest absolute Gasteiger partial charge is 0.249 e. The third-order valence-corrected chi connectivity index (χ3v) is 2.51. The lowest BCUT2D eigenvalue weighted by Crippen LogP contribution is -2.57. The highest BCUT2D eigenvalue weighted by Gasteiger charge is 2.31. The van der Waals surface area contributed by atoms with E-state index in [2.05, 4.69) is 10.3 Å². The number of amides is 2. The number of hydrogen-bond acceptors (Lipinski definition) is 5. The third kappa shape index (κ3) is 1.69. The second kappa shape index (κ2) is 3.80. The van der Waals surface area contributed by atoms with Crippen LogP contribution in [-0.2, 0) is 9.59 Å². The quantitative estimate of drug-likeness (QED) is 0.624. The topological polar surface area (TPSA) is 88.3 Å². The molecule has 6 heteroatoms. The van der Waals surface area contributed by atoms with Crippen molar-refractivity contribution in [2.45, 2.75) is 13.0 Å². The van der Waals surface area contributed by atoms with Crippen LogP contribution in [0.2, 0.25) is 0 Å². The predicted molar refractivity (Wildman–Crippen MR) is 58.6 cm³/mol. The van der Waals surface area contributed by atoms with E-state index in [0.29, 0.717) is 11.5 Å². The number of imide groups is 1. The van der Waals surface area contributed by atoms with E-state index < -0.39 is 6.04 Å². The summed E-state index contributed by atoms with van der Waals surface area (Å²) < 4.78 is 0. The zero-order chi connectivity index (χ0) is 11.7. The number of nitrogens with zero attached hydrogens (tertiary/aromatic N) is 2. The van der Waals surface area contributed by atoms with Crippen LogP contribution in [0, 0.1) is 0 Å². The van der Waals surface area contributed by atoms with E-state index >= 15 is 0 Å². The van der Waals surface area contributed by atoms with E-state index in [0.717, 1.165) is 0 Å². The van der Waals surface area contributed by atoms with Gasteiger partial charge in [0, 0.05) is 6.20 Å². The van der Waals surface area contributed by atoms with Gasteiger partial charge in [0.05, 0.1) is 12.2 Å². The molecule has 6 nitrogen and oxygen atoms in total. The SMILES string of the molecule is CC1C(=O)NC(=O)CN1c1ncccc1N. The molecule has 0 saturated carbocycles. The Bertz CT molecular complexity index is 446. The van der Waals surface area contributed by atoms with E-state index in [1.165, 1.54) is 0 Å². The average molecular weight is 220 g/mol. The van der Waals surface area contributed by atoms with Gasteiger partial charge in [-0.25, -0.2) is 4.98 Å². The largest absolute Gasteiger partial charge is 0.396 e. The lowest BCUT2D eigenvalue weighted by molar-refractivity contribution is -0.132. The van der Waals surface area contributed by atoms with E-state index in [4.69, 9.17) is 5.73 Å². The molecule has 0 aromatic carbocycles. The van der Waals surface area contributed by atoms with Crippen LogP contribution in [0.25, 0.3) is 0 Å². The Labute approximate surface area is 92.4 Å². The van der Waals surface area contributed by atoms with Crippen molar-refractivity contribution in [1.29, 1.82) is 0 Å². The first kappa shape index (κ1) is 10.4. The number of pyridine rings is 1. The van der Waals surface area contributed by atoms with Gasteiger partial charge in [0.25, 0.3) is 0 Å². The van der Waals surface area contributed by atoms with Crippen LogP contribution in [0.15, 0.2) is 18.3 Å². The Kier molecular flexibility index (Phi) is 2.47. The number of carbonyl (C=O) groups excluding carboxylic acids is 2. The maximum Gasteiger partial charge on any atom is 0.249 e. The van der Waals surface area contributed by atoms with Gasteiger partial charge in [0.15, 0.2) is 5.82 Å². The molecule has 3 N–H and O–H groups in total. The summed E-state index contributed by atoms with van der Waals surface area (Å²) in [5.74, 6) is -0.201. The van der Waals surface area contributed by atoms with Gasteiger partial charge in [-0.3, -0.25) is 14.9 Å². The molecule has 1 atom stereocenters. The Morgan fingerprint density at radius 1 is 1.56 bits per heavy atom. The van der Waals surface area contributed by atoms with Crippen molar-refractivity contribution >= 4 is 23.3 Å². The molecule has 1 aromatic heterocycles. The van der Waals surface area contributed by atoms with Crippen molar-refractivity contribution < 1.29 is 9.59 Å². The molecule has 2 heterocycles. The number of aromatic nitrogens is 1. The monoisotopic (exact) mass is 220 g/mol. The number of hydrogen-bond donors (Lipinski definition) is 2. The first-order valence-electron chi connectivity index (χ1n) is 4.90. The summed E-state index contributed by atoms with van der Waals surface area (Å²) in [5, 5.41) is 2.26. The van der Waals surface area contributed by atoms with Gasteiger partial charge in [-0.2, -0.15) is 0 Å². The van der Waals surface area contributed by atoms with Crippen LogP contribution in [0.3, 0.4) is 0 Å². The molecule has 1 aliphatic heterocycles. The number of nitrogens with one attached hydrogen (secondary N) is 1. The normalized spacial score (nSPS) is 20.8. The molecule has 1 fully saturated rings. The van der Waals surface area contributed by atoms with Crippen molar-refractivity contribution in [1.82, 2.24) is 10.3 Å². The van der Waals surface area contributed by atoms with E-state index in [-0.39, 0.29) is 18.4 Å². The summed E-state index contributed by atoms with van der Waals surface area (Å²) in [6, 6.07) is 2.94. The van der Waals surface area contributed by atoms with E-state index in [9.17, 15) is 9.59 Å². The van der Waals surface area contributed by atoms with Gasteiger partial charge < -0.3 is 10.6 Å². The summed E-state index contributed by atoms with van der Waals surface area (Å²) in [4.78, 5) is 28.4. The molecule has 2 rings (SSSR count). The van der Waals surface area contributed by atoms with Crippen LogP contribution >= 0.6 is 0 Å². The van der Waals surface area contributed by atoms with Crippen molar-refractivity contribution in [3.63, 3.8) is 0 Å². The van der Waals surface area contributed by atoms with Gasteiger partial charge in [-0.05, 0) is 19.1 Å². The van der Waals surface area contributed by atoms with Gasteiger partial charge in [0.2, 0.25) is 11.8 Å². The van der Waals surface area contributed by atoms with E-state index in [1.54, 1.807) is 30.2 Å². The van der Waals surface area contributed by atoms with Gasteiger partial charge >= 0.3 is 0 Å². The molecule has 84 valence electrons. The van der Waals surface area contributed by atoms with Crippen molar-refractivity contribution in [2.75, 3.05) is 17.2 Å². The van der Waals surface area contributed by atoms with Crippen LogP contribution in [-0.4, -0.2) is 29.4 Å². The Hall–Kier alpha value is -2.11. The molecule has 16 heavy (non-hydrogen) atoms. The fourth-order valence-electron chi connectivity index (χ4n) is 1.62. The highest BCUT2D eigenvalue weighted by molar-refractivity contribution is 6.04. The summed E-state index contributed by atoms with van der Waals surface area (Å²) in [6.07, 6.45) is 1.58. The van der Waals surface area contributed by atoms with Crippen molar-refractivity contribution in [2.24, 2.45) is 0 Å². The van der Waals surface area contributed by atoms with Gasteiger partial charge in [0.1, 0.15) is 6.04 Å². The fourth-order valence-corrected chi connectivity index (χ4v) is 1.62. The average Bonchev–Trinajstić information content (AvgIpc) is 2.24. The zero-order valence-electron chi connectivity index (χ0n) is 8.80. The van der Waals surface area contributed by atoms with Crippen LogP contribution in [0.1, 0.15) is 6.92 Å². The highest BCUT2D eigenvalue weighted by Crippen LogP contribution is 2.22. The van der Waals surface area contributed by atoms with Crippen LogP contribution in [0.4, 0.5) is 11.5 Å². The Morgan fingerprint density at radius 3 is 3.00 bits per heavy atom. The number of nitrogens with two attached hydrogens (primary N) is 1. The molecule has 1 aliphatic rings. The molecule has 0 spiro atoms. The Balaban J connectivity index is 2.36. The van der Waals surface area contributed by atoms with E-state index in [1.807, 2.05) is 0 Å². The predicted octanol–water partition coefficient (Wildman–Crippen LogP) is -0.485. The summed E-state index contributed by atoms with van der Waals surface area (Å²) in [6.45, 7) is 1.80. The second-order valence-electron chi connectivity index (χ2n) is 3.63. The number of anilines is 2. The molecule has 0 aliphatic carbocycles. The van der Waals surface area contributed by atoms with Crippen molar-refractivity contribution in [3.8, 4) is 0 Å². The number of rotatable bonds is 1. The molecule has 1 aromatic rings. The summed E-state index contributed by atoms with van der Waals surface area (Å²) in [5.41, 5.74) is 6.21. The highest BCUT2D eigenvalue weighted by atomic mass is 16.2. The van der Waals surface area contributed by atoms with Crippen LogP contribution in [0.5, 0.6) is 0 Å². The minimum atomic E-state index is -0.449. The third-order valence-electron chi connectivity index (χ3n) is 2.51. The first-order valence-corrected chi connectivity index (χ1v) is 4.90. The maximum absolute atomic E-state index is 11.5. The zero-order valence-corrected chi connectivity index (χ0v) is 8.80. The number of piperazine rings is 1. The molecule has 1 unspecified atom stereocenters. The van der Waals surface area contributed by atoms with Gasteiger partial charge in [-0.1, -0.05) is 0 Å². The lowest BCUT2D eigenvalue weighted by atomic mass is 10.2. The molecular weight excluding hydrogens is 208 g/mol.